The molecule has 0 aromatic heterocycles. The van der Waals surface area contributed by atoms with Crippen LogP contribution in [0.2, 0.25) is 0 Å². The van der Waals surface area contributed by atoms with Crippen molar-refractivity contribution >= 4 is 11.7 Å². The Balaban J connectivity index is 1.42. The lowest BCUT2D eigenvalue weighted by molar-refractivity contribution is -0.135. The summed E-state index contributed by atoms with van der Waals surface area (Å²) in [6, 6.07) is 8.77. The summed E-state index contributed by atoms with van der Waals surface area (Å²) in [5.74, 6) is 1.32. The van der Waals surface area contributed by atoms with Gasteiger partial charge in [-0.05, 0) is 66.9 Å². The van der Waals surface area contributed by atoms with Gasteiger partial charge in [-0.3, -0.25) is 9.59 Å². The number of benzene rings is 1. The summed E-state index contributed by atoms with van der Waals surface area (Å²) in [6.07, 6.45) is 6.14. The molecule has 3 aliphatic carbocycles. The molecule has 1 aliphatic heterocycles. The third kappa shape index (κ3) is 3.32. The van der Waals surface area contributed by atoms with Gasteiger partial charge >= 0.3 is 0 Å². The number of aliphatic hydroxyl groups is 1. The van der Waals surface area contributed by atoms with Gasteiger partial charge in [0.1, 0.15) is 0 Å². The molecule has 1 aromatic rings. The number of aryl methyl sites for hydroxylation is 1. The second kappa shape index (κ2) is 8.09. The van der Waals surface area contributed by atoms with Gasteiger partial charge in [-0.1, -0.05) is 31.2 Å². The number of hydrogen-bond acceptors (Lipinski definition) is 4. The average Bonchev–Trinajstić information content (AvgIpc) is 3.03. The molecule has 5 nitrogen and oxygen atoms in total. The van der Waals surface area contributed by atoms with Crippen molar-refractivity contribution in [2.75, 3.05) is 26.3 Å². The van der Waals surface area contributed by atoms with Crippen LogP contribution in [0.15, 0.2) is 36.1 Å². The van der Waals surface area contributed by atoms with Crippen LogP contribution in [0.3, 0.4) is 0 Å². The number of morpholine rings is 1. The molecule has 1 aromatic carbocycles. The maximum Gasteiger partial charge on any atom is 0.222 e. The third-order valence-electron chi connectivity index (χ3n) is 8.68. The van der Waals surface area contributed by atoms with Crippen molar-refractivity contribution in [2.45, 2.75) is 51.4 Å². The number of rotatable bonds is 3. The number of aliphatic hydroxyl groups excluding tert-OH is 1. The Morgan fingerprint density at radius 2 is 2.03 bits per heavy atom. The van der Waals surface area contributed by atoms with E-state index in [1.165, 1.54) is 11.1 Å². The zero-order valence-corrected chi connectivity index (χ0v) is 18.4. The van der Waals surface area contributed by atoms with E-state index in [2.05, 4.69) is 31.2 Å². The Bertz CT molecular complexity index is 902. The number of carbonyl (C=O) groups is 2. The molecule has 0 radical (unpaired) electrons. The van der Waals surface area contributed by atoms with Crippen molar-refractivity contribution in [3.63, 3.8) is 0 Å². The second-order valence-corrected chi connectivity index (χ2v) is 10.0. The average molecular weight is 424 g/mol. The summed E-state index contributed by atoms with van der Waals surface area (Å²) in [7, 11) is 0. The standard InChI is InChI=1S/C26H33NO4/c1-26-11-10-19-18-5-3-2-4-17(18)6-7-20(19)24(26)21(22(16-28)25(26)30)8-9-23(29)27-12-14-31-15-13-27/h2-5,16,19-21,24,28H,6-15H2,1H3/b22-16-/t19?,20?,21-,24?,26+/m1/s1. The minimum atomic E-state index is -0.422. The van der Waals surface area contributed by atoms with Gasteiger partial charge in [-0.25, -0.2) is 0 Å². The molecule has 3 unspecified atom stereocenters. The minimum absolute atomic E-state index is 0.0365. The monoisotopic (exact) mass is 423 g/mol. The van der Waals surface area contributed by atoms with Gasteiger partial charge in [0.2, 0.25) is 5.91 Å². The number of amides is 1. The predicted molar refractivity (Wildman–Crippen MR) is 118 cm³/mol. The zero-order valence-electron chi connectivity index (χ0n) is 18.4. The van der Waals surface area contributed by atoms with Crippen LogP contribution in [0.4, 0.5) is 0 Å². The van der Waals surface area contributed by atoms with Crippen molar-refractivity contribution < 1.29 is 19.4 Å². The molecule has 0 spiro atoms. The Hall–Kier alpha value is -2.14. The van der Waals surface area contributed by atoms with E-state index in [9.17, 15) is 14.7 Å². The number of allylic oxidation sites excluding steroid dienone is 1. The normalized spacial score (nSPS) is 36.1. The SMILES string of the molecule is C[C@]12CCC3c4ccccc4CCC3C1[C@H](CCC(=O)N1CCOCC1)/C(=C/O)C2=O. The highest BCUT2D eigenvalue weighted by molar-refractivity contribution is 6.03. The highest BCUT2D eigenvalue weighted by Crippen LogP contribution is 2.63. The van der Waals surface area contributed by atoms with Gasteiger partial charge < -0.3 is 14.7 Å². The van der Waals surface area contributed by atoms with E-state index in [0.717, 1.165) is 31.9 Å². The van der Waals surface area contributed by atoms with Crippen molar-refractivity contribution in [1.29, 1.82) is 0 Å². The third-order valence-corrected chi connectivity index (χ3v) is 8.68. The topological polar surface area (TPSA) is 66.8 Å². The highest BCUT2D eigenvalue weighted by Gasteiger charge is 2.60. The fraction of sp³-hybridized carbons (Fsp3) is 0.615. The largest absolute Gasteiger partial charge is 0.515 e. The number of ketones is 1. The van der Waals surface area contributed by atoms with E-state index in [-0.39, 0.29) is 23.5 Å². The summed E-state index contributed by atoms with van der Waals surface area (Å²) in [6.45, 7) is 4.60. The van der Waals surface area contributed by atoms with Crippen LogP contribution in [0.1, 0.15) is 56.1 Å². The maximum atomic E-state index is 13.4. The lowest BCUT2D eigenvalue weighted by atomic mass is 9.54. The first-order valence-corrected chi connectivity index (χ1v) is 11.9. The molecule has 5 rings (SSSR count). The van der Waals surface area contributed by atoms with Crippen molar-refractivity contribution in [3.05, 3.63) is 47.2 Å². The van der Waals surface area contributed by atoms with Crippen molar-refractivity contribution in [2.24, 2.45) is 23.2 Å². The molecule has 3 fully saturated rings. The Morgan fingerprint density at radius 1 is 1.26 bits per heavy atom. The smallest absolute Gasteiger partial charge is 0.222 e. The van der Waals surface area contributed by atoms with Crippen LogP contribution in [0.5, 0.6) is 0 Å². The van der Waals surface area contributed by atoms with Gasteiger partial charge in [-0.15, -0.1) is 0 Å². The lowest BCUT2D eigenvalue weighted by Gasteiger charge is -2.49. The van der Waals surface area contributed by atoms with Crippen molar-refractivity contribution in [1.82, 2.24) is 4.90 Å². The first kappa shape index (κ1) is 20.7. The van der Waals surface area contributed by atoms with E-state index in [1.54, 1.807) is 0 Å². The maximum absolute atomic E-state index is 13.4. The number of ether oxygens (including phenoxy) is 1. The van der Waals surface area contributed by atoms with Crippen molar-refractivity contribution in [3.8, 4) is 0 Å². The fourth-order valence-corrected chi connectivity index (χ4v) is 7.21. The molecule has 5 atom stereocenters. The van der Waals surface area contributed by atoms with Crippen LogP contribution in [-0.2, 0) is 20.7 Å². The summed E-state index contributed by atoms with van der Waals surface area (Å²) in [5.41, 5.74) is 3.04. The number of Topliss-reactive ketones (excluding diaryl/α,β-unsaturated/α-hetero) is 1. The number of carbonyl (C=O) groups excluding carboxylic acids is 2. The van der Waals surface area contributed by atoms with Gasteiger partial charge in [0.05, 0.1) is 19.5 Å². The number of nitrogens with zero attached hydrogens (tertiary/aromatic N) is 1. The van der Waals surface area contributed by atoms with E-state index < -0.39 is 5.41 Å². The van der Waals surface area contributed by atoms with Crippen LogP contribution in [0.25, 0.3) is 0 Å². The lowest BCUT2D eigenvalue weighted by Crippen LogP contribution is -2.44. The molecule has 0 bridgehead atoms. The van der Waals surface area contributed by atoms with Gasteiger partial charge in [0.15, 0.2) is 5.78 Å². The number of hydrogen-bond donors (Lipinski definition) is 1. The molecule has 166 valence electrons. The van der Waals surface area contributed by atoms with E-state index in [1.807, 2.05) is 4.90 Å². The van der Waals surface area contributed by atoms with E-state index in [0.29, 0.717) is 56.6 Å². The Labute approximate surface area is 184 Å². The summed E-state index contributed by atoms with van der Waals surface area (Å²) in [5, 5.41) is 10.0. The van der Waals surface area contributed by atoms with Crippen LogP contribution < -0.4 is 0 Å². The summed E-state index contributed by atoms with van der Waals surface area (Å²) >= 11 is 0. The molecule has 1 saturated heterocycles. The van der Waals surface area contributed by atoms with Gasteiger partial charge in [0.25, 0.3) is 0 Å². The predicted octanol–water partition coefficient (Wildman–Crippen LogP) is 4.03. The van der Waals surface area contributed by atoms with Gasteiger partial charge in [-0.2, -0.15) is 0 Å². The van der Waals surface area contributed by atoms with E-state index >= 15 is 0 Å². The zero-order chi connectivity index (χ0) is 21.6. The van der Waals surface area contributed by atoms with Gasteiger partial charge in [0, 0.05) is 30.5 Å². The molecule has 1 amide bonds. The fourth-order valence-electron chi connectivity index (χ4n) is 7.21. The first-order chi connectivity index (χ1) is 15.0. The second-order valence-electron chi connectivity index (χ2n) is 10.0. The molecule has 4 aliphatic rings. The molecular weight excluding hydrogens is 390 g/mol. The first-order valence-electron chi connectivity index (χ1n) is 11.9. The quantitative estimate of drug-likeness (QED) is 0.589. The minimum Gasteiger partial charge on any atom is -0.515 e. The Kier molecular flexibility index (Phi) is 5.41. The molecule has 31 heavy (non-hydrogen) atoms. The van der Waals surface area contributed by atoms with E-state index in [4.69, 9.17) is 4.74 Å². The van der Waals surface area contributed by atoms with Crippen LogP contribution in [-0.4, -0.2) is 48.0 Å². The molecule has 1 heterocycles. The molecule has 5 heteroatoms. The molecule has 2 saturated carbocycles. The molecule has 1 N–H and O–H groups in total. The molecular formula is C26H33NO4. The Morgan fingerprint density at radius 3 is 2.81 bits per heavy atom. The van der Waals surface area contributed by atoms with Crippen LogP contribution >= 0.6 is 0 Å². The summed E-state index contributed by atoms with van der Waals surface area (Å²) < 4.78 is 5.37. The highest BCUT2D eigenvalue weighted by atomic mass is 16.5. The number of fused-ring (bicyclic) bond motifs is 5. The summed E-state index contributed by atoms with van der Waals surface area (Å²) in [4.78, 5) is 28.1. The van der Waals surface area contributed by atoms with Crippen LogP contribution in [0, 0.1) is 23.2 Å².